The van der Waals surface area contributed by atoms with Gasteiger partial charge in [0.05, 0.1) is 20.0 Å². The van der Waals surface area contributed by atoms with Crippen LogP contribution in [0.5, 0.6) is 0 Å². The minimum atomic E-state index is 0.267. The molecule has 6 heteroatoms. The number of halogens is 1. The zero-order valence-corrected chi connectivity index (χ0v) is 15.9. The number of nitrogens with one attached hydrogen (secondary N) is 1. The Bertz CT molecular complexity index is 757. The average Bonchev–Trinajstić information content (AvgIpc) is 3.07. The van der Waals surface area contributed by atoms with Gasteiger partial charge >= 0.3 is 0 Å². The maximum absolute atomic E-state index is 4.95. The van der Waals surface area contributed by atoms with Gasteiger partial charge < -0.3 is 5.32 Å². The van der Waals surface area contributed by atoms with E-state index in [-0.39, 0.29) is 6.04 Å². The van der Waals surface area contributed by atoms with Crippen LogP contribution in [0.1, 0.15) is 22.3 Å². The predicted molar refractivity (Wildman–Crippen MR) is 103 cm³/mol. The first-order valence-electron chi connectivity index (χ1n) is 7.87. The van der Waals surface area contributed by atoms with Crippen molar-refractivity contribution < 1.29 is 0 Å². The second kappa shape index (κ2) is 6.99. The van der Waals surface area contributed by atoms with Crippen LogP contribution in [0.15, 0.2) is 40.2 Å². The van der Waals surface area contributed by atoms with Gasteiger partial charge in [-0.25, -0.2) is 4.98 Å². The molecule has 1 fully saturated rings. The normalized spacial score (nSPS) is 18.1. The van der Waals surface area contributed by atoms with E-state index >= 15 is 0 Å². The monoisotopic (exact) mass is 407 g/mol. The lowest BCUT2D eigenvalue weighted by molar-refractivity contribution is 0.243. The summed E-state index contributed by atoms with van der Waals surface area (Å²) in [4.78, 5) is 8.90. The number of thiazole rings is 1. The van der Waals surface area contributed by atoms with Gasteiger partial charge in [-0.2, -0.15) is 0 Å². The Labute approximate surface area is 152 Å². The summed E-state index contributed by atoms with van der Waals surface area (Å²) in [7, 11) is 0. The molecule has 3 heterocycles. The highest BCUT2D eigenvalue weighted by Gasteiger charge is 2.27. The second-order valence-corrected chi connectivity index (χ2v) is 9.26. The van der Waals surface area contributed by atoms with Gasteiger partial charge in [-0.1, -0.05) is 12.1 Å². The molecule has 1 aliphatic heterocycles. The molecule has 1 aromatic carbocycles. The van der Waals surface area contributed by atoms with Crippen molar-refractivity contribution in [2.45, 2.75) is 12.5 Å². The lowest BCUT2D eigenvalue weighted by atomic mass is 10.2. The number of nitrogens with zero attached hydrogens (tertiary/aromatic N) is 2. The minimum absolute atomic E-state index is 0.267. The van der Waals surface area contributed by atoms with Crippen molar-refractivity contribution in [2.24, 2.45) is 0 Å². The highest BCUT2D eigenvalue weighted by Crippen LogP contribution is 2.38. The molecular weight excluding hydrogens is 390 g/mol. The molecule has 0 saturated carbocycles. The first-order valence-corrected chi connectivity index (χ1v) is 10.3. The Balaban J connectivity index is 1.77. The zero-order valence-electron chi connectivity index (χ0n) is 12.7. The molecule has 1 N–H and O–H groups in total. The Hall–Kier alpha value is -0.790. The fourth-order valence-corrected chi connectivity index (χ4v) is 5.82. The second-order valence-electron chi connectivity index (χ2n) is 5.70. The van der Waals surface area contributed by atoms with Crippen LogP contribution in [0.3, 0.4) is 0 Å². The molecule has 1 atom stereocenters. The van der Waals surface area contributed by atoms with Crippen molar-refractivity contribution in [3.63, 3.8) is 0 Å². The molecular formula is C17H18BrN3S2. The molecule has 23 heavy (non-hydrogen) atoms. The Morgan fingerprint density at radius 2 is 2.00 bits per heavy atom. The number of fused-ring (bicyclic) bond motifs is 1. The summed E-state index contributed by atoms with van der Waals surface area (Å²) in [5.74, 6) is 0. The number of hydrogen-bond acceptors (Lipinski definition) is 5. The summed E-state index contributed by atoms with van der Waals surface area (Å²) in [6.45, 7) is 4.34. The Morgan fingerprint density at radius 3 is 2.83 bits per heavy atom. The van der Waals surface area contributed by atoms with Gasteiger partial charge in [0.2, 0.25) is 0 Å². The first-order chi connectivity index (χ1) is 11.3. The third-order valence-corrected chi connectivity index (χ3v) is 6.91. The molecule has 3 nitrogen and oxygen atoms in total. The molecule has 0 amide bonds. The summed E-state index contributed by atoms with van der Waals surface area (Å²) < 4.78 is 2.46. The molecule has 0 aliphatic carbocycles. The van der Waals surface area contributed by atoms with E-state index in [4.69, 9.17) is 4.98 Å². The van der Waals surface area contributed by atoms with Crippen LogP contribution in [0.2, 0.25) is 0 Å². The zero-order chi connectivity index (χ0) is 15.6. The molecule has 3 aromatic rings. The molecule has 4 rings (SSSR count). The van der Waals surface area contributed by atoms with Gasteiger partial charge in [0.25, 0.3) is 0 Å². The number of benzene rings is 1. The topological polar surface area (TPSA) is 28.2 Å². The van der Waals surface area contributed by atoms with Crippen molar-refractivity contribution >= 4 is 48.8 Å². The van der Waals surface area contributed by atoms with Crippen molar-refractivity contribution in [1.29, 1.82) is 0 Å². The van der Waals surface area contributed by atoms with Gasteiger partial charge in [-0.3, -0.25) is 4.90 Å². The summed E-state index contributed by atoms with van der Waals surface area (Å²) in [6, 6.07) is 13.1. The molecule has 0 bridgehead atoms. The van der Waals surface area contributed by atoms with Crippen LogP contribution in [0.25, 0.3) is 10.2 Å². The number of thiophene rings is 1. The predicted octanol–water partition coefficient (Wildman–Crippen LogP) is 4.51. The van der Waals surface area contributed by atoms with Crippen LogP contribution >= 0.6 is 38.6 Å². The Morgan fingerprint density at radius 1 is 1.09 bits per heavy atom. The lowest BCUT2D eigenvalue weighted by Gasteiger charge is -2.28. The molecule has 2 aromatic heterocycles. The Kier molecular flexibility index (Phi) is 4.78. The number of aromatic nitrogens is 1. The average molecular weight is 408 g/mol. The highest BCUT2D eigenvalue weighted by molar-refractivity contribution is 9.11. The smallest absolute Gasteiger partial charge is 0.116 e. The summed E-state index contributed by atoms with van der Waals surface area (Å²) in [6.07, 6.45) is 1.19. The van der Waals surface area contributed by atoms with Crippen LogP contribution in [-0.2, 0) is 0 Å². The standard InChI is InChI=1S/C17H18BrN3S2/c18-15-7-6-14(22-15)16(21-10-3-8-19-9-11-21)17-20-12-4-1-2-5-13(12)23-17/h1-2,4-7,16,19H,3,8-11H2. The first kappa shape index (κ1) is 15.7. The van der Waals surface area contributed by atoms with E-state index in [1.807, 2.05) is 22.7 Å². The summed E-state index contributed by atoms with van der Waals surface area (Å²) >= 11 is 7.27. The molecule has 120 valence electrons. The highest BCUT2D eigenvalue weighted by atomic mass is 79.9. The van der Waals surface area contributed by atoms with Crippen molar-refractivity contribution in [3.05, 3.63) is 50.1 Å². The largest absolute Gasteiger partial charge is 0.315 e. The van der Waals surface area contributed by atoms with Crippen molar-refractivity contribution in [2.75, 3.05) is 26.2 Å². The fraction of sp³-hybridized carbons (Fsp3) is 0.353. The maximum Gasteiger partial charge on any atom is 0.116 e. The van der Waals surface area contributed by atoms with E-state index in [1.54, 1.807) is 0 Å². The minimum Gasteiger partial charge on any atom is -0.315 e. The van der Waals surface area contributed by atoms with E-state index < -0.39 is 0 Å². The summed E-state index contributed by atoms with van der Waals surface area (Å²) in [5, 5.41) is 4.71. The number of para-hydroxylation sites is 1. The van der Waals surface area contributed by atoms with Crippen LogP contribution in [0, 0.1) is 0 Å². The molecule has 0 radical (unpaired) electrons. The van der Waals surface area contributed by atoms with Gasteiger partial charge in [0, 0.05) is 24.5 Å². The van der Waals surface area contributed by atoms with Gasteiger partial charge in [-0.15, -0.1) is 22.7 Å². The lowest BCUT2D eigenvalue weighted by Crippen LogP contribution is -2.32. The molecule has 1 aliphatic rings. The van der Waals surface area contributed by atoms with Gasteiger partial charge in [-0.05, 0) is 53.2 Å². The van der Waals surface area contributed by atoms with E-state index in [1.165, 1.54) is 24.8 Å². The molecule has 0 spiro atoms. The van der Waals surface area contributed by atoms with E-state index in [9.17, 15) is 0 Å². The summed E-state index contributed by atoms with van der Waals surface area (Å²) in [5.41, 5.74) is 1.11. The van der Waals surface area contributed by atoms with Gasteiger partial charge in [0.1, 0.15) is 5.01 Å². The van der Waals surface area contributed by atoms with Crippen molar-refractivity contribution in [1.82, 2.24) is 15.2 Å². The maximum atomic E-state index is 4.95. The van der Waals surface area contributed by atoms with Crippen LogP contribution in [-0.4, -0.2) is 36.1 Å². The van der Waals surface area contributed by atoms with Crippen molar-refractivity contribution in [3.8, 4) is 0 Å². The third kappa shape index (κ3) is 3.37. The SMILES string of the molecule is Brc1ccc(C(c2nc3ccccc3s2)N2CCCNCC2)s1. The molecule has 1 saturated heterocycles. The van der Waals surface area contributed by atoms with Gasteiger partial charge in [0.15, 0.2) is 0 Å². The quantitative estimate of drug-likeness (QED) is 0.692. The van der Waals surface area contributed by atoms with E-state index in [2.05, 4.69) is 62.5 Å². The van der Waals surface area contributed by atoms with E-state index in [0.717, 1.165) is 31.7 Å². The molecule has 1 unspecified atom stereocenters. The third-order valence-electron chi connectivity index (χ3n) is 4.15. The number of hydrogen-bond donors (Lipinski definition) is 1. The van der Waals surface area contributed by atoms with Crippen LogP contribution in [0.4, 0.5) is 0 Å². The fourth-order valence-electron chi connectivity index (χ4n) is 3.06. The van der Waals surface area contributed by atoms with Crippen LogP contribution < -0.4 is 5.32 Å². The number of rotatable bonds is 3. The van der Waals surface area contributed by atoms with E-state index in [0.29, 0.717) is 0 Å².